The van der Waals surface area contributed by atoms with Crippen molar-refractivity contribution in [2.45, 2.75) is 301 Å². The van der Waals surface area contributed by atoms with Crippen molar-refractivity contribution in [2.75, 3.05) is 13.2 Å². The van der Waals surface area contributed by atoms with E-state index in [0.29, 0.717) is 12.8 Å². The molecule has 1 amide bonds. The normalized spacial score (nSPS) is 20.3. The number of amides is 1. The predicted molar refractivity (Wildman–Crippen MR) is 255 cm³/mol. The number of rotatable bonds is 46. The van der Waals surface area contributed by atoms with Gasteiger partial charge in [0, 0.05) is 6.42 Å². The van der Waals surface area contributed by atoms with Crippen LogP contribution in [0.2, 0.25) is 0 Å². The van der Waals surface area contributed by atoms with Gasteiger partial charge in [0.05, 0.1) is 25.4 Å². The van der Waals surface area contributed by atoms with Crippen LogP contribution in [0.25, 0.3) is 0 Å². The average molecular weight is 922 g/mol. The summed E-state index contributed by atoms with van der Waals surface area (Å²) in [5, 5.41) is 44.9. The molecular weight excluding hydrogens is 823 g/mol. The summed E-state index contributed by atoms with van der Waals surface area (Å²) in [7, 11) is -5.07. The maximum atomic E-state index is 13.0. The molecule has 0 aromatic heterocycles. The van der Waals surface area contributed by atoms with E-state index in [9.17, 15) is 38.2 Å². The molecule has 13 heteroatoms. The molecule has 0 aliphatic carbocycles. The van der Waals surface area contributed by atoms with E-state index in [1.54, 1.807) is 0 Å². The van der Waals surface area contributed by atoms with Gasteiger partial charge in [-0.3, -0.25) is 9.35 Å². The van der Waals surface area contributed by atoms with Gasteiger partial charge in [-0.2, -0.15) is 8.42 Å². The van der Waals surface area contributed by atoms with E-state index >= 15 is 0 Å². The van der Waals surface area contributed by atoms with Crippen molar-refractivity contribution in [3.63, 3.8) is 0 Å². The highest BCUT2D eigenvalue weighted by Crippen LogP contribution is 2.26. The molecule has 0 saturated carbocycles. The Morgan fingerprint density at radius 2 is 0.921 bits per heavy atom. The van der Waals surface area contributed by atoms with E-state index in [1.165, 1.54) is 180 Å². The molecule has 0 aromatic rings. The van der Waals surface area contributed by atoms with Gasteiger partial charge in [-0.15, -0.1) is 0 Å². The first-order chi connectivity index (χ1) is 30.5. The monoisotopic (exact) mass is 922 g/mol. The second kappa shape index (κ2) is 41.3. The lowest BCUT2D eigenvalue weighted by Crippen LogP contribution is -2.61. The summed E-state index contributed by atoms with van der Waals surface area (Å²) in [5.41, 5.74) is 0. The molecule has 0 spiro atoms. The van der Waals surface area contributed by atoms with E-state index < -0.39 is 59.9 Å². The third-order valence-electron chi connectivity index (χ3n) is 12.9. The zero-order valence-electron chi connectivity index (χ0n) is 40.4. The number of hydrogen-bond acceptors (Lipinski definition) is 10. The van der Waals surface area contributed by atoms with Crippen LogP contribution < -0.4 is 5.32 Å². The molecule has 7 unspecified atom stereocenters. The van der Waals surface area contributed by atoms with Gasteiger partial charge in [0.2, 0.25) is 5.91 Å². The number of carbonyl (C=O) groups excluding carboxylic acids is 1. The van der Waals surface area contributed by atoms with Crippen LogP contribution in [0.3, 0.4) is 0 Å². The lowest BCUT2D eigenvalue weighted by Gasteiger charge is -2.41. The van der Waals surface area contributed by atoms with Gasteiger partial charge in [-0.05, 0) is 12.8 Å². The van der Waals surface area contributed by atoms with Crippen LogP contribution in [0.15, 0.2) is 0 Å². The maximum absolute atomic E-state index is 13.0. The molecule has 0 bridgehead atoms. The minimum atomic E-state index is -5.07. The van der Waals surface area contributed by atoms with E-state index in [4.69, 9.17) is 9.47 Å². The highest BCUT2D eigenvalue weighted by atomic mass is 32.3. The summed E-state index contributed by atoms with van der Waals surface area (Å²) in [6.07, 6.45) is 36.9. The van der Waals surface area contributed by atoms with Crippen molar-refractivity contribution in [2.24, 2.45) is 0 Å². The Bertz CT molecular complexity index is 1130. The SMILES string of the molecule is CCCCCCCCCCCCCCCCCCCCCCCCCCCC(O)C(COC1OC(CO)C(O)C(OS(=O)(=O)O)C1O)NC(=O)CCCCCCCCCCCCC. The third-order valence-corrected chi connectivity index (χ3v) is 13.4. The molecule has 376 valence electrons. The molecule has 0 radical (unpaired) electrons. The first-order valence-corrected chi connectivity index (χ1v) is 27.8. The van der Waals surface area contributed by atoms with Crippen molar-refractivity contribution in [3.05, 3.63) is 0 Å². The number of aliphatic hydroxyl groups excluding tert-OH is 4. The van der Waals surface area contributed by atoms with Gasteiger partial charge >= 0.3 is 10.4 Å². The number of unbranched alkanes of at least 4 members (excludes halogenated alkanes) is 34. The van der Waals surface area contributed by atoms with Gasteiger partial charge in [-0.25, -0.2) is 4.18 Å². The van der Waals surface area contributed by atoms with Crippen LogP contribution in [-0.4, -0.2) is 95.4 Å². The quantitative estimate of drug-likeness (QED) is 0.0251. The Morgan fingerprint density at radius 1 is 0.571 bits per heavy atom. The Balaban J connectivity index is 2.32. The van der Waals surface area contributed by atoms with E-state index in [-0.39, 0.29) is 12.5 Å². The average Bonchev–Trinajstić information content (AvgIpc) is 3.25. The number of carbonyl (C=O) groups is 1. The van der Waals surface area contributed by atoms with Crippen molar-refractivity contribution in [1.29, 1.82) is 0 Å². The lowest BCUT2D eigenvalue weighted by atomic mass is 9.99. The fraction of sp³-hybridized carbons (Fsp3) is 0.980. The first kappa shape index (κ1) is 60.1. The molecule has 7 atom stereocenters. The first-order valence-electron chi connectivity index (χ1n) is 26.4. The smallest absolute Gasteiger partial charge is 0.394 e. The summed E-state index contributed by atoms with van der Waals surface area (Å²) < 4.78 is 47.7. The molecule has 1 heterocycles. The Kier molecular flexibility index (Phi) is 39.4. The highest BCUT2D eigenvalue weighted by Gasteiger charge is 2.48. The van der Waals surface area contributed by atoms with Gasteiger partial charge in [0.25, 0.3) is 0 Å². The second-order valence-electron chi connectivity index (χ2n) is 18.8. The van der Waals surface area contributed by atoms with Gasteiger partial charge in [0.1, 0.15) is 24.4 Å². The van der Waals surface area contributed by atoms with Crippen LogP contribution in [0, 0.1) is 0 Å². The summed E-state index contributed by atoms with van der Waals surface area (Å²) in [6.45, 7) is 3.46. The van der Waals surface area contributed by atoms with E-state index in [0.717, 1.165) is 51.4 Å². The van der Waals surface area contributed by atoms with E-state index in [1.807, 2.05) is 0 Å². The number of aliphatic hydroxyl groups is 4. The fourth-order valence-electron chi connectivity index (χ4n) is 8.81. The Morgan fingerprint density at radius 3 is 1.27 bits per heavy atom. The molecule has 6 N–H and O–H groups in total. The largest absolute Gasteiger partial charge is 0.397 e. The van der Waals surface area contributed by atoms with Crippen molar-refractivity contribution in [3.8, 4) is 0 Å². The summed E-state index contributed by atoms with van der Waals surface area (Å²) in [5.74, 6) is -0.227. The van der Waals surface area contributed by atoms with Gasteiger partial charge in [0.15, 0.2) is 6.29 Å². The minimum Gasteiger partial charge on any atom is -0.394 e. The highest BCUT2D eigenvalue weighted by molar-refractivity contribution is 7.80. The molecule has 63 heavy (non-hydrogen) atoms. The van der Waals surface area contributed by atoms with Crippen molar-refractivity contribution >= 4 is 16.3 Å². The van der Waals surface area contributed by atoms with Gasteiger partial charge < -0.3 is 35.2 Å². The Labute approximate surface area is 386 Å². The standard InChI is InChI=1S/C50H99NO11S/c1-3-5-7-9-11-13-15-16-17-18-19-20-21-22-23-24-25-26-27-28-30-31-33-35-37-39-44(53)43(51-46(54)40-38-36-34-32-29-14-12-10-8-6-4-2)42-60-50-48(56)49(62-63(57,58)59)47(55)45(41-52)61-50/h43-45,47-50,52-53,55-56H,3-42H2,1-2H3,(H,51,54)(H,57,58,59). The lowest BCUT2D eigenvalue weighted by molar-refractivity contribution is -0.298. The number of nitrogens with one attached hydrogen (secondary N) is 1. The van der Waals surface area contributed by atoms with Crippen LogP contribution in [0.1, 0.15) is 258 Å². The van der Waals surface area contributed by atoms with E-state index in [2.05, 4.69) is 23.3 Å². The topological polar surface area (TPSA) is 192 Å². The minimum absolute atomic E-state index is 0.227. The summed E-state index contributed by atoms with van der Waals surface area (Å²) in [4.78, 5) is 13.0. The molecule has 1 aliphatic heterocycles. The second-order valence-corrected chi connectivity index (χ2v) is 19.9. The predicted octanol–water partition coefficient (Wildman–Crippen LogP) is 11.3. The zero-order chi connectivity index (χ0) is 46.2. The van der Waals surface area contributed by atoms with Crippen LogP contribution in [0.5, 0.6) is 0 Å². The molecular formula is C50H99NO11S. The van der Waals surface area contributed by atoms with Crippen LogP contribution in [0.4, 0.5) is 0 Å². The van der Waals surface area contributed by atoms with Crippen LogP contribution >= 0.6 is 0 Å². The Hall–Kier alpha value is -0.900. The van der Waals surface area contributed by atoms with Crippen molar-refractivity contribution < 1.29 is 51.8 Å². The third kappa shape index (κ3) is 34.1. The fourth-order valence-corrected chi connectivity index (χ4v) is 9.32. The molecule has 1 saturated heterocycles. The maximum Gasteiger partial charge on any atom is 0.397 e. The molecule has 1 fully saturated rings. The summed E-state index contributed by atoms with van der Waals surface area (Å²) >= 11 is 0. The van der Waals surface area contributed by atoms with Gasteiger partial charge in [-0.1, -0.05) is 239 Å². The number of hydrogen-bond donors (Lipinski definition) is 6. The zero-order valence-corrected chi connectivity index (χ0v) is 41.2. The molecule has 12 nitrogen and oxygen atoms in total. The molecule has 1 rings (SSSR count). The molecule has 1 aliphatic rings. The number of ether oxygens (including phenoxy) is 2. The van der Waals surface area contributed by atoms with Crippen molar-refractivity contribution in [1.82, 2.24) is 5.32 Å². The summed E-state index contributed by atoms with van der Waals surface area (Å²) in [6, 6.07) is -0.851. The van der Waals surface area contributed by atoms with Crippen LogP contribution in [-0.2, 0) is 28.9 Å². The molecule has 0 aromatic carbocycles.